The molecule has 114 valence electrons. The zero-order chi connectivity index (χ0) is 13.8. The van der Waals surface area contributed by atoms with Gasteiger partial charge in [-0.25, -0.2) is 0 Å². The van der Waals surface area contributed by atoms with Gasteiger partial charge in [0, 0.05) is 20.1 Å². The van der Waals surface area contributed by atoms with Crippen molar-refractivity contribution in [3.05, 3.63) is 35.9 Å². The highest BCUT2D eigenvalue weighted by Gasteiger charge is 1.96. The van der Waals surface area contributed by atoms with Gasteiger partial charge >= 0.3 is 0 Å². The maximum absolute atomic E-state index is 5.59. The molecule has 20 heavy (non-hydrogen) atoms. The molecule has 0 fully saturated rings. The molecular weight excluding hydrogens is 365 g/mol. The van der Waals surface area contributed by atoms with Crippen LogP contribution in [0.2, 0.25) is 0 Å². The van der Waals surface area contributed by atoms with Crippen LogP contribution in [0.1, 0.15) is 25.3 Å². The van der Waals surface area contributed by atoms with E-state index in [1.165, 1.54) is 12.0 Å². The standard InChI is InChI=1S/C15H25N3O.HI/c1-3-4-10-17-15(16-2)18-11-12-19-13-14-8-6-5-7-9-14;/h5-9H,3-4,10-13H2,1-2H3,(H2,16,17,18);1H. The monoisotopic (exact) mass is 391 g/mol. The second kappa shape index (κ2) is 13.2. The molecule has 5 heteroatoms. The molecule has 1 aromatic rings. The Morgan fingerprint density at radius 2 is 1.85 bits per heavy atom. The lowest BCUT2D eigenvalue weighted by Gasteiger charge is -2.11. The topological polar surface area (TPSA) is 45.7 Å². The van der Waals surface area contributed by atoms with Crippen LogP contribution in [0, 0.1) is 0 Å². The molecule has 0 aliphatic rings. The van der Waals surface area contributed by atoms with Crippen molar-refractivity contribution in [2.45, 2.75) is 26.4 Å². The Morgan fingerprint density at radius 1 is 1.15 bits per heavy atom. The van der Waals surface area contributed by atoms with Crippen molar-refractivity contribution in [3.63, 3.8) is 0 Å². The van der Waals surface area contributed by atoms with Crippen molar-refractivity contribution in [2.75, 3.05) is 26.7 Å². The number of hydrogen-bond donors (Lipinski definition) is 2. The van der Waals surface area contributed by atoms with Crippen molar-refractivity contribution in [3.8, 4) is 0 Å². The summed E-state index contributed by atoms with van der Waals surface area (Å²) >= 11 is 0. The minimum atomic E-state index is 0. The van der Waals surface area contributed by atoms with Crippen molar-refractivity contribution < 1.29 is 4.74 Å². The van der Waals surface area contributed by atoms with Crippen molar-refractivity contribution in [1.29, 1.82) is 0 Å². The molecule has 1 rings (SSSR count). The fourth-order valence-corrected chi connectivity index (χ4v) is 1.61. The van der Waals surface area contributed by atoms with Gasteiger partial charge in [-0.15, -0.1) is 24.0 Å². The summed E-state index contributed by atoms with van der Waals surface area (Å²) in [4.78, 5) is 4.15. The number of ether oxygens (including phenoxy) is 1. The molecule has 0 radical (unpaired) electrons. The van der Waals surface area contributed by atoms with Gasteiger partial charge in [0.1, 0.15) is 0 Å². The van der Waals surface area contributed by atoms with Crippen LogP contribution in [0.25, 0.3) is 0 Å². The summed E-state index contributed by atoms with van der Waals surface area (Å²) in [7, 11) is 1.78. The molecule has 0 aromatic heterocycles. The van der Waals surface area contributed by atoms with Gasteiger partial charge in [-0.05, 0) is 12.0 Å². The molecule has 0 heterocycles. The molecule has 2 N–H and O–H groups in total. The third-order valence-electron chi connectivity index (χ3n) is 2.70. The summed E-state index contributed by atoms with van der Waals surface area (Å²) in [6.07, 6.45) is 2.34. The van der Waals surface area contributed by atoms with Gasteiger partial charge < -0.3 is 15.4 Å². The summed E-state index contributed by atoms with van der Waals surface area (Å²) in [6.45, 7) is 5.22. The third kappa shape index (κ3) is 9.14. The van der Waals surface area contributed by atoms with E-state index in [1.807, 2.05) is 18.2 Å². The van der Waals surface area contributed by atoms with Gasteiger partial charge in [0.2, 0.25) is 0 Å². The number of halogens is 1. The number of hydrogen-bond acceptors (Lipinski definition) is 2. The van der Waals surface area contributed by atoms with Crippen LogP contribution in [-0.4, -0.2) is 32.7 Å². The molecule has 0 saturated carbocycles. The largest absolute Gasteiger partial charge is 0.375 e. The maximum Gasteiger partial charge on any atom is 0.191 e. The van der Waals surface area contributed by atoms with Gasteiger partial charge in [0.15, 0.2) is 5.96 Å². The number of benzene rings is 1. The van der Waals surface area contributed by atoms with E-state index < -0.39 is 0 Å². The van der Waals surface area contributed by atoms with Crippen molar-refractivity contribution in [2.24, 2.45) is 4.99 Å². The molecule has 0 unspecified atom stereocenters. The van der Waals surface area contributed by atoms with E-state index in [0.29, 0.717) is 13.2 Å². The van der Waals surface area contributed by atoms with Gasteiger partial charge in [-0.2, -0.15) is 0 Å². The highest BCUT2D eigenvalue weighted by atomic mass is 127. The number of guanidine groups is 1. The lowest BCUT2D eigenvalue weighted by molar-refractivity contribution is 0.125. The first-order valence-electron chi connectivity index (χ1n) is 6.93. The van der Waals surface area contributed by atoms with E-state index >= 15 is 0 Å². The SMILES string of the molecule is CCCCNC(=NC)NCCOCc1ccccc1.I. The van der Waals surface area contributed by atoms with Gasteiger partial charge in [0.25, 0.3) is 0 Å². The molecule has 0 bridgehead atoms. The first-order valence-corrected chi connectivity index (χ1v) is 6.93. The minimum absolute atomic E-state index is 0. The molecule has 1 aromatic carbocycles. The zero-order valence-electron chi connectivity index (χ0n) is 12.4. The summed E-state index contributed by atoms with van der Waals surface area (Å²) in [6, 6.07) is 10.2. The number of aliphatic imine (C=N–C) groups is 1. The van der Waals surface area contributed by atoms with Crippen LogP contribution in [-0.2, 0) is 11.3 Å². The molecule has 0 aliphatic heterocycles. The van der Waals surface area contributed by atoms with E-state index in [4.69, 9.17) is 4.74 Å². The summed E-state index contributed by atoms with van der Waals surface area (Å²) in [5, 5.41) is 6.49. The predicted octanol–water partition coefficient (Wildman–Crippen LogP) is 2.79. The highest BCUT2D eigenvalue weighted by molar-refractivity contribution is 14.0. The van der Waals surface area contributed by atoms with Crippen LogP contribution in [0.3, 0.4) is 0 Å². The smallest absolute Gasteiger partial charge is 0.191 e. The molecule has 0 spiro atoms. The summed E-state index contributed by atoms with van der Waals surface area (Å²) in [5.41, 5.74) is 1.20. The van der Waals surface area contributed by atoms with E-state index in [1.54, 1.807) is 7.05 Å². The Labute approximate surface area is 139 Å². The maximum atomic E-state index is 5.59. The third-order valence-corrected chi connectivity index (χ3v) is 2.70. The van der Waals surface area contributed by atoms with E-state index in [2.05, 4.69) is 34.7 Å². The van der Waals surface area contributed by atoms with Crippen LogP contribution in [0.4, 0.5) is 0 Å². The van der Waals surface area contributed by atoms with Crippen molar-refractivity contribution in [1.82, 2.24) is 10.6 Å². The van der Waals surface area contributed by atoms with Gasteiger partial charge in [-0.1, -0.05) is 43.7 Å². The van der Waals surface area contributed by atoms with Gasteiger partial charge in [-0.3, -0.25) is 4.99 Å². The molecule has 0 saturated heterocycles. The molecule has 4 nitrogen and oxygen atoms in total. The molecule has 0 amide bonds. The quantitative estimate of drug-likeness (QED) is 0.310. The Balaban J connectivity index is 0.00000361. The Morgan fingerprint density at radius 3 is 2.50 bits per heavy atom. The summed E-state index contributed by atoms with van der Waals surface area (Å²) < 4.78 is 5.59. The normalized spacial score (nSPS) is 10.8. The Bertz CT molecular complexity index is 357. The minimum Gasteiger partial charge on any atom is -0.375 e. The first-order chi connectivity index (χ1) is 9.36. The second-order valence-corrected chi connectivity index (χ2v) is 4.32. The first kappa shape index (κ1) is 19.2. The number of nitrogens with one attached hydrogen (secondary N) is 2. The molecule has 0 atom stereocenters. The number of unbranched alkanes of at least 4 members (excludes halogenated alkanes) is 1. The zero-order valence-corrected chi connectivity index (χ0v) is 14.7. The van der Waals surface area contributed by atoms with E-state index in [0.717, 1.165) is 25.5 Å². The van der Waals surface area contributed by atoms with Crippen molar-refractivity contribution >= 4 is 29.9 Å². The second-order valence-electron chi connectivity index (χ2n) is 4.32. The molecular formula is C15H26IN3O. The van der Waals surface area contributed by atoms with Crippen LogP contribution in [0.5, 0.6) is 0 Å². The van der Waals surface area contributed by atoms with Crippen LogP contribution >= 0.6 is 24.0 Å². The number of nitrogens with zero attached hydrogens (tertiary/aromatic N) is 1. The van der Waals surface area contributed by atoms with Crippen LogP contribution in [0.15, 0.2) is 35.3 Å². The average molecular weight is 391 g/mol. The lowest BCUT2D eigenvalue weighted by atomic mass is 10.2. The van der Waals surface area contributed by atoms with E-state index in [-0.39, 0.29) is 24.0 Å². The van der Waals surface area contributed by atoms with Crippen LogP contribution < -0.4 is 10.6 Å². The predicted molar refractivity (Wildman–Crippen MR) is 95.8 cm³/mol. The Hall–Kier alpha value is -0.820. The fraction of sp³-hybridized carbons (Fsp3) is 0.533. The van der Waals surface area contributed by atoms with Gasteiger partial charge in [0.05, 0.1) is 13.2 Å². The molecule has 0 aliphatic carbocycles. The number of rotatable bonds is 8. The fourth-order valence-electron chi connectivity index (χ4n) is 1.61. The highest BCUT2D eigenvalue weighted by Crippen LogP contribution is 1.99. The summed E-state index contributed by atoms with van der Waals surface area (Å²) in [5.74, 6) is 0.844. The average Bonchev–Trinajstić information content (AvgIpc) is 2.46. The lowest BCUT2D eigenvalue weighted by Crippen LogP contribution is -2.39. The van der Waals surface area contributed by atoms with E-state index in [9.17, 15) is 0 Å². The Kier molecular flexibility index (Phi) is 12.6.